The number of ether oxygens (including phenoxy) is 1. The van der Waals surface area contributed by atoms with E-state index in [4.69, 9.17) is 14.3 Å². The van der Waals surface area contributed by atoms with E-state index in [0.717, 1.165) is 12.8 Å². The number of para-hydroxylation sites is 1. The third kappa shape index (κ3) is 4.62. The molecule has 2 aromatic rings. The van der Waals surface area contributed by atoms with Crippen LogP contribution in [0.2, 0.25) is 0 Å². The maximum atomic E-state index is 12.6. The monoisotopic (exact) mass is 343 g/mol. The Morgan fingerprint density at radius 2 is 2.00 bits per heavy atom. The predicted molar refractivity (Wildman–Crippen MR) is 90.7 cm³/mol. The van der Waals surface area contributed by atoms with Crippen LogP contribution in [0.5, 0.6) is 11.7 Å². The Bertz CT molecular complexity index is 724. The molecule has 2 heterocycles. The second-order valence-electron chi connectivity index (χ2n) is 6.23. The van der Waals surface area contributed by atoms with Crippen molar-refractivity contribution in [3.8, 4) is 11.7 Å². The lowest BCUT2D eigenvalue weighted by molar-refractivity contribution is -0.137. The molecule has 1 atom stereocenters. The molecular weight excluding hydrogens is 322 g/mol. The molecule has 1 N–H and O–H groups in total. The fourth-order valence-corrected chi connectivity index (χ4v) is 3.06. The fraction of sp³-hybridized carbons (Fsp3) is 0.368. The molecule has 1 saturated heterocycles. The molecule has 1 fully saturated rings. The zero-order chi connectivity index (χ0) is 17.6. The van der Waals surface area contributed by atoms with Crippen LogP contribution in [0.15, 0.2) is 46.9 Å². The number of hydrogen-bond acceptors (Lipinski definition) is 4. The van der Waals surface area contributed by atoms with Gasteiger partial charge in [0.2, 0.25) is 0 Å². The van der Waals surface area contributed by atoms with Crippen molar-refractivity contribution in [3.05, 3.63) is 48.2 Å². The molecule has 0 bridgehead atoms. The van der Waals surface area contributed by atoms with E-state index < -0.39 is 5.97 Å². The number of benzene rings is 1. The molecule has 3 rings (SSSR count). The van der Waals surface area contributed by atoms with Crippen molar-refractivity contribution in [1.82, 2.24) is 4.90 Å². The first-order valence-corrected chi connectivity index (χ1v) is 8.45. The summed E-state index contributed by atoms with van der Waals surface area (Å²) >= 11 is 0. The summed E-state index contributed by atoms with van der Waals surface area (Å²) in [6.07, 6.45) is 2.57. The number of aliphatic carboxylic acids is 1. The number of carboxylic acid groups (broad SMARTS) is 1. The Labute approximate surface area is 146 Å². The Morgan fingerprint density at radius 3 is 2.76 bits per heavy atom. The van der Waals surface area contributed by atoms with E-state index in [9.17, 15) is 9.59 Å². The van der Waals surface area contributed by atoms with Crippen molar-refractivity contribution >= 4 is 11.9 Å². The molecule has 0 radical (unpaired) electrons. The second kappa shape index (κ2) is 7.88. The van der Waals surface area contributed by atoms with Crippen molar-refractivity contribution in [1.29, 1.82) is 0 Å². The molecule has 1 aromatic carbocycles. The van der Waals surface area contributed by atoms with Crippen LogP contribution in [0, 0.1) is 5.92 Å². The summed E-state index contributed by atoms with van der Waals surface area (Å²) in [7, 11) is 0. The van der Waals surface area contributed by atoms with E-state index in [2.05, 4.69) is 0 Å². The lowest BCUT2D eigenvalue weighted by Gasteiger charge is -2.32. The van der Waals surface area contributed by atoms with Crippen LogP contribution in [0.1, 0.15) is 36.2 Å². The number of carboxylic acids is 1. The van der Waals surface area contributed by atoms with Gasteiger partial charge in [0.05, 0.1) is 0 Å². The van der Waals surface area contributed by atoms with Gasteiger partial charge in [-0.15, -0.1) is 0 Å². The van der Waals surface area contributed by atoms with E-state index in [1.54, 1.807) is 17.0 Å². The zero-order valence-electron chi connectivity index (χ0n) is 13.9. The molecule has 6 heteroatoms. The SMILES string of the molecule is O=C(O)CCC1CCCN(C(=O)c2ccc(Oc3ccccc3)o2)C1. The average molecular weight is 343 g/mol. The number of furan rings is 1. The van der Waals surface area contributed by atoms with E-state index in [-0.39, 0.29) is 30.0 Å². The summed E-state index contributed by atoms with van der Waals surface area (Å²) in [4.78, 5) is 25.1. The summed E-state index contributed by atoms with van der Waals surface area (Å²) in [6.45, 7) is 1.24. The Morgan fingerprint density at radius 1 is 1.20 bits per heavy atom. The van der Waals surface area contributed by atoms with Gasteiger partial charge >= 0.3 is 5.97 Å². The molecule has 1 aromatic heterocycles. The smallest absolute Gasteiger partial charge is 0.303 e. The quantitative estimate of drug-likeness (QED) is 0.863. The Kier molecular flexibility index (Phi) is 5.38. The molecule has 6 nitrogen and oxygen atoms in total. The predicted octanol–water partition coefficient (Wildman–Crippen LogP) is 3.79. The molecular formula is C19H21NO5. The van der Waals surface area contributed by atoms with E-state index in [0.29, 0.717) is 25.3 Å². The highest BCUT2D eigenvalue weighted by atomic mass is 16.6. The molecule has 1 amide bonds. The molecule has 1 unspecified atom stereocenters. The van der Waals surface area contributed by atoms with Crippen LogP contribution in [0.3, 0.4) is 0 Å². The minimum absolute atomic E-state index is 0.141. The molecule has 132 valence electrons. The molecule has 0 aliphatic carbocycles. The third-order valence-electron chi connectivity index (χ3n) is 4.33. The van der Waals surface area contributed by atoms with Crippen molar-refractivity contribution in [2.45, 2.75) is 25.7 Å². The summed E-state index contributed by atoms with van der Waals surface area (Å²) < 4.78 is 11.1. The summed E-state index contributed by atoms with van der Waals surface area (Å²) in [5, 5.41) is 8.81. The lowest BCUT2D eigenvalue weighted by Crippen LogP contribution is -2.39. The topological polar surface area (TPSA) is 80.0 Å². The van der Waals surface area contributed by atoms with Gasteiger partial charge in [0.15, 0.2) is 5.76 Å². The molecule has 0 saturated carbocycles. The van der Waals surface area contributed by atoms with E-state index in [1.807, 2.05) is 30.3 Å². The van der Waals surface area contributed by atoms with Gasteiger partial charge < -0.3 is 19.2 Å². The van der Waals surface area contributed by atoms with Gasteiger partial charge in [0.1, 0.15) is 5.75 Å². The van der Waals surface area contributed by atoms with Crippen LogP contribution in [-0.2, 0) is 4.79 Å². The van der Waals surface area contributed by atoms with Gasteiger partial charge in [-0.05, 0) is 43.4 Å². The fourth-order valence-electron chi connectivity index (χ4n) is 3.06. The van der Waals surface area contributed by atoms with Crippen LogP contribution < -0.4 is 4.74 Å². The number of carbonyl (C=O) groups excluding carboxylic acids is 1. The highest BCUT2D eigenvalue weighted by Crippen LogP contribution is 2.26. The molecule has 0 spiro atoms. The molecule has 25 heavy (non-hydrogen) atoms. The molecule has 1 aliphatic rings. The largest absolute Gasteiger partial charge is 0.481 e. The Balaban J connectivity index is 1.60. The zero-order valence-corrected chi connectivity index (χ0v) is 13.9. The van der Waals surface area contributed by atoms with Crippen LogP contribution in [0.4, 0.5) is 0 Å². The average Bonchev–Trinajstić information content (AvgIpc) is 3.09. The highest BCUT2D eigenvalue weighted by molar-refractivity contribution is 5.91. The summed E-state index contributed by atoms with van der Waals surface area (Å²) in [5.41, 5.74) is 0. The first kappa shape index (κ1) is 17.1. The number of carbonyl (C=O) groups is 2. The maximum Gasteiger partial charge on any atom is 0.303 e. The van der Waals surface area contributed by atoms with Gasteiger partial charge in [0, 0.05) is 25.6 Å². The normalized spacial score (nSPS) is 17.3. The van der Waals surface area contributed by atoms with Crippen LogP contribution >= 0.6 is 0 Å². The van der Waals surface area contributed by atoms with E-state index in [1.165, 1.54) is 0 Å². The van der Waals surface area contributed by atoms with Crippen LogP contribution in [-0.4, -0.2) is 35.0 Å². The standard InChI is InChI=1S/C19H21NO5/c21-17(22)10-8-14-5-4-12-20(13-14)19(23)16-9-11-18(25-16)24-15-6-2-1-3-7-15/h1-3,6-7,9,11,14H,4-5,8,10,12-13H2,(H,21,22). The van der Waals surface area contributed by atoms with Crippen molar-refractivity contribution in [3.63, 3.8) is 0 Å². The lowest BCUT2D eigenvalue weighted by atomic mass is 9.93. The summed E-state index contributed by atoms with van der Waals surface area (Å²) in [6, 6.07) is 12.5. The van der Waals surface area contributed by atoms with E-state index >= 15 is 0 Å². The number of amides is 1. The Hall–Kier alpha value is -2.76. The highest BCUT2D eigenvalue weighted by Gasteiger charge is 2.26. The number of piperidine rings is 1. The second-order valence-corrected chi connectivity index (χ2v) is 6.23. The van der Waals surface area contributed by atoms with Crippen molar-refractivity contribution in [2.75, 3.05) is 13.1 Å². The van der Waals surface area contributed by atoms with Crippen molar-refractivity contribution in [2.24, 2.45) is 5.92 Å². The number of rotatable bonds is 6. The first-order chi connectivity index (χ1) is 12.1. The minimum atomic E-state index is -0.794. The van der Waals surface area contributed by atoms with Gasteiger partial charge in [-0.1, -0.05) is 18.2 Å². The maximum absolute atomic E-state index is 12.6. The first-order valence-electron chi connectivity index (χ1n) is 8.45. The number of likely N-dealkylation sites (tertiary alicyclic amines) is 1. The van der Waals surface area contributed by atoms with Gasteiger partial charge in [-0.25, -0.2) is 0 Å². The number of nitrogens with zero attached hydrogens (tertiary/aromatic N) is 1. The number of hydrogen-bond donors (Lipinski definition) is 1. The van der Waals surface area contributed by atoms with Crippen molar-refractivity contribution < 1.29 is 23.8 Å². The third-order valence-corrected chi connectivity index (χ3v) is 4.33. The van der Waals surface area contributed by atoms with Gasteiger partial charge in [-0.3, -0.25) is 9.59 Å². The molecule has 1 aliphatic heterocycles. The van der Waals surface area contributed by atoms with Gasteiger partial charge in [-0.2, -0.15) is 0 Å². The minimum Gasteiger partial charge on any atom is -0.481 e. The summed E-state index contributed by atoms with van der Waals surface area (Å²) in [5.74, 6) is 0.408. The van der Waals surface area contributed by atoms with Gasteiger partial charge in [0.25, 0.3) is 11.9 Å². The van der Waals surface area contributed by atoms with Crippen LogP contribution in [0.25, 0.3) is 0 Å².